The number of pyridine rings is 1. The Morgan fingerprint density at radius 1 is 1.71 bits per heavy atom. The van der Waals surface area contributed by atoms with Gasteiger partial charge in [-0.2, -0.15) is 0 Å². The number of hydrogen-bond donors (Lipinski definition) is 2. The number of methoxy groups -OCH3 is 1. The van der Waals surface area contributed by atoms with Crippen molar-refractivity contribution in [3.05, 3.63) is 23.5 Å². The molecule has 4 nitrogen and oxygen atoms in total. The Hall–Kier alpha value is -0.840. The molecule has 0 bridgehead atoms. The van der Waals surface area contributed by atoms with Gasteiger partial charge in [0.15, 0.2) is 0 Å². The van der Waals surface area contributed by atoms with Crippen LogP contribution in [0.2, 0.25) is 5.15 Å². The van der Waals surface area contributed by atoms with Gasteiger partial charge in [-0.15, -0.1) is 0 Å². The van der Waals surface area contributed by atoms with Crippen LogP contribution >= 0.6 is 11.6 Å². The van der Waals surface area contributed by atoms with Crippen molar-refractivity contribution in [2.75, 3.05) is 25.6 Å². The molecule has 2 N–H and O–H groups in total. The van der Waals surface area contributed by atoms with Crippen LogP contribution in [0, 0.1) is 0 Å². The number of hydrogen-bond acceptors (Lipinski definition) is 4. The number of nitrogens with zero attached hydrogens (tertiary/aromatic N) is 1. The van der Waals surface area contributed by atoms with Gasteiger partial charge in [0.25, 0.3) is 0 Å². The Morgan fingerprint density at radius 3 is 3.07 bits per heavy atom. The van der Waals surface area contributed by atoms with Crippen molar-refractivity contribution >= 4 is 17.3 Å². The second kappa shape index (κ2) is 5.80. The van der Waals surface area contributed by atoms with Crippen molar-refractivity contribution in [3.8, 4) is 0 Å². The number of halogens is 1. The first-order valence-corrected chi connectivity index (χ1v) is 4.62. The van der Waals surface area contributed by atoms with E-state index in [9.17, 15) is 0 Å². The van der Waals surface area contributed by atoms with Crippen LogP contribution in [0.3, 0.4) is 0 Å². The molecule has 0 spiro atoms. The fourth-order valence-electron chi connectivity index (χ4n) is 1.07. The van der Waals surface area contributed by atoms with Gasteiger partial charge in [-0.3, -0.25) is 0 Å². The lowest BCUT2D eigenvalue weighted by atomic mass is 10.3. The molecule has 1 unspecified atom stereocenters. The van der Waals surface area contributed by atoms with Crippen LogP contribution < -0.4 is 5.32 Å². The predicted octanol–water partition coefficient (Wildman–Crippen LogP) is 1.15. The topological polar surface area (TPSA) is 54.4 Å². The molecule has 78 valence electrons. The molecule has 0 aromatic carbocycles. The monoisotopic (exact) mass is 216 g/mol. The van der Waals surface area contributed by atoms with Gasteiger partial charge < -0.3 is 15.2 Å². The van der Waals surface area contributed by atoms with E-state index in [-0.39, 0.29) is 12.6 Å². The maximum Gasteiger partial charge on any atom is 0.131 e. The molecule has 0 aliphatic rings. The summed E-state index contributed by atoms with van der Waals surface area (Å²) in [6.45, 7) is 0.449. The molecular formula is C9H13ClN2O2. The largest absolute Gasteiger partial charge is 0.394 e. The van der Waals surface area contributed by atoms with E-state index >= 15 is 0 Å². The minimum atomic E-state index is -0.126. The number of nitrogens with one attached hydrogen (secondary N) is 1. The van der Waals surface area contributed by atoms with Crippen molar-refractivity contribution < 1.29 is 9.84 Å². The third-order valence-corrected chi connectivity index (χ3v) is 1.89. The molecule has 0 aliphatic heterocycles. The molecule has 0 radical (unpaired) electrons. The van der Waals surface area contributed by atoms with Crippen LogP contribution in [-0.2, 0) is 4.74 Å². The summed E-state index contributed by atoms with van der Waals surface area (Å²) in [6, 6.07) is 3.35. The summed E-state index contributed by atoms with van der Waals surface area (Å²) in [6.07, 6.45) is 1.60. The molecule has 0 saturated carbocycles. The first-order chi connectivity index (χ1) is 6.76. The van der Waals surface area contributed by atoms with Gasteiger partial charge in [0.1, 0.15) is 5.15 Å². The van der Waals surface area contributed by atoms with E-state index < -0.39 is 0 Å². The van der Waals surface area contributed by atoms with Crippen molar-refractivity contribution in [3.63, 3.8) is 0 Å². The van der Waals surface area contributed by atoms with E-state index in [4.69, 9.17) is 21.4 Å². The molecule has 0 aliphatic carbocycles. The highest BCUT2D eigenvalue weighted by molar-refractivity contribution is 6.29. The molecular weight excluding hydrogens is 204 g/mol. The fourth-order valence-corrected chi connectivity index (χ4v) is 1.24. The molecule has 0 fully saturated rings. The van der Waals surface area contributed by atoms with Crippen LogP contribution in [-0.4, -0.2) is 36.5 Å². The molecule has 0 saturated heterocycles. The zero-order valence-electron chi connectivity index (χ0n) is 7.90. The van der Waals surface area contributed by atoms with E-state index in [0.29, 0.717) is 11.8 Å². The fraction of sp³-hybridized carbons (Fsp3) is 0.444. The predicted molar refractivity (Wildman–Crippen MR) is 55.6 cm³/mol. The second-order valence-electron chi connectivity index (χ2n) is 2.85. The van der Waals surface area contributed by atoms with Gasteiger partial charge in [0.2, 0.25) is 0 Å². The smallest absolute Gasteiger partial charge is 0.131 e. The zero-order chi connectivity index (χ0) is 10.4. The van der Waals surface area contributed by atoms with Crippen LogP contribution in [0.4, 0.5) is 5.69 Å². The number of aromatic nitrogens is 1. The molecule has 5 heteroatoms. The van der Waals surface area contributed by atoms with Crippen molar-refractivity contribution in [1.82, 2.24) is 4.98 Å². The van der Waals surface area contributed by atoms with Crippen molar-refractivity contribution in [1.29, 1.82) is 0 Å². The summed E-state index contributed by atoms with van der Waals surface area (Å²) in [5, 5.41) is 12.5. The first-order valence-electron chi connectivity index (χ1n) is 4.24. The Morgan fingerprint density at radius 2 is 2.50 bits per heavy atom. The van der Waals surface area contributed by atoms with Crippen LogP contribution in [0.1, 0.15) is 0 Å². The van der Waals surface area contributed by atoms with Gasteiger partial charge in [0, 0.05) is 19.0 Å². The van der Waals surface area contributed by atoms with Crippen molar-refractivity contribution in [2.24, 2.45) is 0 Å². The summed E-state index contributed by atoms with van der Waals surface area (Å²) in [5.41, 5.74) is 0.820. The number of aliphatic hydroxyl groups is 1. The number of ether oxygens (including phenoxy) is 1. The maximum atomic E-state index is 9.00. The highest BCUT2D eigenvalue weighted by atomic mass is 35.5. The molecule has 14 heavy (non-hydrogen) atoms. The average Bonchev–Trinajstić information content (AvgIpc) is 2.17. The van der Waals surface area contributed by atoms with Gasteiger partial charge >= 0.3 is 0 Å². The van der Waals surface area contributed by atoms with Crippen LogP contribution in [0.5, 0.6) is 0 Å². The van der Waals surface area contributed by atoms with Gasteiger partial charge in [0.05, 0.1) is 19.3 Å². The Kier molecular flexibility index (Phi) is 4.65. The van der Waals surface area contributed by atoms with Gasteiger partial charge in [-0.25, -0.2) is 4.98 Å². The highest BCUT2D eigenvalue weighted by Crippen LogP contribution is 2.12. The van der Waals surface area contributed by atoms with Gasteiger partial charge in [-0.05, 0) is 12.1 Å². The Labute approximate surface area is 87.9 Å². The second-order valence-corrected chi connectivity index (χ2v) is 3.23. The lowest BCUT2D eigenvalue weighted by Gasteiger charge is -2.16. The standard InChI is InChI=1S/C9H13ClN2O2/c1-14-6-8(5-13)12-7-2-3-11-9(10)4-7/h2-4,8,13H,5-6H2,1H3,(H,11,12). The van der Waals surface area contributed by atoms with Crippen molar-refractivity contribution in [2.45, 2.75) is 6.04 Å². The maximum absolute atomic E-state index is 9.00. The summed E-state index contributed by atoms with van der Waals surface area (Å²) >= 11 is 5.70. The zero-order valence-corrected chi connectivity index (χ0v) is 8.66. The normalized spacial score (nSPS) is 12.5. The summed E-state index contributed by atoms with van der Waals surface area (Å²) < 4.78 is 4.93. The SMILES string of the molecule is COCC(CO)Nc1ccnc(Cl)c1. The highest BCUT2D eigenvalue weighted by Gasteiger charge is 2.06. The van der Waals surface area contributed by atoms with Crippen LogP contribution in [0.15, 0.2) is 18.3 Å². The number of rotatable bonds is 5. The lowest BCUT2D eigenvalue weighted by Crippen LogP contribution is -2.28. The molecule has 0 amide bonds. The minimum Gasteiger partial charge on any atom is -0.394 e. The van der Waals surface area contributed by atoms with E-state index in [0.717, 1.165) is 5.69 Å². The molecule has 1 heterocycles. The van der Waals surface area contributed by atoms with E-state index in [1.807, 2.05) is 0 Å². The summed E-state index contributed by atoms with van der Waals surface area (Å²) in [5.74, 6) is 0. The quantitative estimate of drug-likeness (QED) is 0.726. The molecule has 1 aromatic rings. The third-order valence-electron chi connectivity index (χ3n) is 1.69. The summed E-state index contributed by atoms with van der Waals surface area (Å²) in [7, 11) is 1.59. The van der Waals surface area contributed by atoms with E-state index in [1.54, 1.807) is 25.4 Å². The Bertz CT molecular complexity index is 283. The molecule has 1 rings (SSSR count). The first kappa shape index (κ1) is 11.2. The summed E-state index contributed by atoms with van der Waals surface area (Å²) in [4.78, 5) is 3.85. The Balaban J connectivity index is 2.57. The van der Waals surface area contributed by atoms with Crippen LogP contribution in [0.25, 0.3) is 0 Å². The molecule has 1 aromatic heterocycles. The lowest BCUT2D eigenvalue weighted by molar-refractivity contribution is 0.153. The minimum absolute atomic E-state index is 0.00772. The number of anilines is 1. The third kappa shape index (κ3) is 3.49. The average molecular weight is 217 g/mol. The van der Waals surface area contributed by atoms with Gasteiger partial charge in [-0.1, -0.05) is 11.6 Å². The molecule has 1 atom stereocenters. The van der Waals surface area contributed by atoms with E-state index in [1.165, 1.54) is 0 Å². The van der Waals surface area contributed by atoms with E-state index in [2.05, 4.69) is 10.3 Å². The number of aliphatic hydroxyl groups excluding tert-OH is 1.